The van der Waals surface area contributed by atoms with Gasteiger partial charge in [-0.3, -0.25) is 0 Å². The molecule has 2 rings (SSSR count). The molecule has 4 nitrogen and oxygen atoms in total. The molecule has 0 atom stereocenters. The van der Waals surface area contributed by atoms with E-state index in [2.05, 4.69) is 40.7 Å². The average molecular weight is 250 g/mol. The number of hydrogen-bond donors (Lipinski definition) is 1. The second-order valence-electron chi connectivity index (χ2n) is 5.71. The fourth-order valence-corrected chi connectivity index (χ4v) is 2.61. The molecule has 102 valence electrons. The van der Waals surface area contributed by atoms with Crippen molar-refractivity contribution in [2.45, 2.75) is 39.2 Å². The number of rotatable bonds is 5. The zero-order valence-corrected chi connectivity index (χ0v) is 11.9. The smallest absolute Gasteiger partial charge is 0.203 e. The molecule has 1 saturated heterocycles. The number of anilines is 1. The first-order chi connectivity index (χ1) is 8.66. The quantitative estimate of drug-likeness (QED) is 0.872. The van der Waals surface area contributed by atoms with E-state index in [1.54, 1.807) is 0 Å². The van der Waals surface area contributed by atoms with Gasteiger partial charge >= 0.3 is 0 Å². The van der Waals surface area contributed by atoms with Crippen LogP contribution < -0.4 is 5.32 Å². The van der Waals surface area contributed by atoms with Gasteiger partial charge in [0, 0.05) is 25.0 Å². The predicted molar refractivity (Wildman–Crippen MR) is 75.9 cm³/mol. The van der Waals surface area contributed by atoms with E-state index in [4.69, 9.17) is 0 Å². The average Bonchev–Trinajstić information content (AvgIpc) is 2.80. The fourth-order valence-electron chi connectivity index (χ4n) is 2.61. The SMILES string of the molecule is CC(C)n1ccnc1NCCC1CCN(C)CC1. The van der Waals surface area contributed by atoms with Crippen LogP contribution in [0.1, 0.15) is 39.2 Å². The second-order valence-corrected chi connectivity index (χ2v) is 5.71. The summed E-state index contributed by atoms with van der Waals surface area (Å²) < 4.78 is 2.19. The van der Waals surface area contributed by atoms with E-state index in [1.807, 2.05) is 12.4 Å². The maximum atomic E-state index is 4.38. The molecule has 1 aliphatic heterocycles. The molecule has 1 aromatic rings. The van der Waals surface area contributed by atoms with Crippen molar-refractivity contribution in [3.05, 3.63) is 12.4 Å². The summed E-state index contributed by atoms with van der Waals surface area (Å²) in [5.74, 6) is 1.90. The first-order valence-corrected chi connectivity index (χ1v) is 7.12. The van der Waals surface area contributed by atoms with Crippen LogP contribution in [0.2, 0.25) is 0 Å². The van der Waals surface area contributed by atoms with Crippen LogP contribution in [0.4, 0.5) is 5.95 Å². The molecular formula is C14H26N4. The number of nitrogens with zero attached hydrogens (tertiary/aromatic N) is 3. The third kappa shape index (κ3) is 3.48. The van der Waals surface area contributed by atoms with Gasteiger partial charge in [0.05, 0.1) is 0 Å². The summed E-state index contributed by atoms with van der Waals surface area (Å²) >= 11 is 0. The maximum Gasteiger partial charge on any atom is 0.203 e. The molecule has 1 aliphatic rings. The van der Waals surface area contributed by atoms with E-state index in [1.165, 1.54) is 32.4 Å². The van der Waals surface area contributed by atoms with E-state index in [0.29, 0.717) is 6.04 Å². The topological polar surface area (TPSA) is 33.1 Å². The summed E-state index contributed by atoms with van der Waals surface area (Å²) in [4.78, 5) is 6.80. The molecule has 0 bridgehead atoms. The highest BCUT2D eigenvalue weighted by atomic mass is 15.2. The van der Waals surface area contributed by atoms with Crippen molar-refractivity contribution in [2.75, 3.05) is 32.0 Å². The lowest BCUT2D eigenvalue weighted by molar-refractivity contribution is 0.215. The molecule has 0 spiro atoms. The van der Waals surface area contributed by atoms with Gasteiger partial charge in [0.15, 0.2) is 0 Å². The number of nitrogens with one attached hydrogen (secondary N) is 1. The van der Waals surface area contributed by atoms with E-state index in [0.717, 1.165) is 18.4 Å². The van der Waals surface area contributed by atoms with Crippen LogP contribution in [-0.2, 0) is 0 Å². The van der Waals surface area contributed by atoms with E-state index >= 15 is 0 Å². The van der Waals surface area contributed by atoms with Crippen molar-refractivity contribution < 1.29 is 0 Å². The zero-order chi connectivity index (χ0) is 13.0. The lowest BCUT2D eigenvalue weighted by Crippen LogP contribution is -2.31. The minimum absolute atomic E-state index is 0.471. The number of piperidine rings is 1. The Morgan fingerprint density at radius 3 is 2.78 bits per heavy atom. The van der Waals surface area contributed by atoms with E-state index in [9.17, 15) is 0 Å². The Morgan fingerprint density at radius 2 is 2.11 bits per heavy atom. The molecule has 18 heavy (non-hydrogen) atoms. The Labute approximate surface area is 110 Å². The van der Waals surface area contributed by atoms with Gasteiger partial charge in [0.25, 0.3) is 0 Å². The number of likely N-dealkylation sites (tertiary alicyclic amines) is 1. The van der Waals surface area contributed by atoms with Crippen molar-refractivity contribution in [2.24, 2.45) is 5.92 Å². The fraction of sp³-hybridized carbons (Fsp3) is 0.786. The standard InChI is InChI=1S/C14H26N4/c1-12(2)18-11-8-16-14(18)15-7-4-13-5-9-17(3)10-6-13/h8,11-13H,4-7,9-10H2,1-3H3,(H,15,16). The molecule has 4 heteroatoms. The largest absolute Gasteiger partial charge is 0.356 e. The van der Waals surface area contributed by atoms with Gasteiger partial charge in [-0.1, -0.05) is 0 Å². The Bertz CT molecular complexity index is 350. The van der Waals surface area contributed by atoms with Gasteiger partial charge in [0.2, 0.25) is 5.95 Å². The molecule has 1 fully saturated rings. The molecule has 0 saturated carbocycles. The lowest BCUT2D eigenvalue weighted by Gasteiger charge is -2.29. The Morgan fingerprint density at radius 1 is 1.39 bits per heavy atom. The Hall–Kier alpha value is -1.03. The van der Waals surface area contributed by atoms with Crippen molar-refractivity contribution >= 4 is 5.95 Å². The summed E-state index contributed by atoms with van der Waals surface area (Å²) in [6.07, 6.45) is 7.87. The highest BCUT2D eigenvalue weighted by Gasteiger charge is 2.16. The van der Waals surface area contributed by atoms with Gasteiger partial charge in [-0.2, -0.15) is 0 Å². The Kier molecular flexibility index (Phi) is 4.64. The van der Waals surface area contributed by atoms with Gasteiger partial charge in [-0.25, -0.2) is 4.98 Å². The molecule has 1 N–H and O–H groups in total. The number of imidazole rings is 1. The van der Waals surface area contributed by atoms with Crippen LogP contribution in [0.15, 0.2) is 12.4 Å². The van der Waals surface area contributed by atoms with Crippen LogP contribution in [0.3, 0.4) is 0 Å². The van der Waals surface area contributed by atoms with Crippen molar-refractivity contribution in [1.29, 1.82) is 0 Å². The normalized spacial score (nSPS) is 18.4. The summed E-state index contributed by atoms with van der Waals surface area (Å²) in [6.45, 7) is 7.92. The maximum absolute atomic E-state index is 4.38. The van der Waals surface area contributed by atoms with Crippen LogP contribution in [-0.4, -0.2) is 41.1 Å². The van der Waals surface area contributed by atoms with Crippen molar-refractivity contribution in [1.82, 2.24) is 14.5 Å². The molecule has 0 radical (unpaired) electrons. The first-order valence-electron chi connectivity index (χ1n) is 7.12. The zero-order valence-electron chi connectivity index (χ0n) is 11.9. The monoisotopic (exact) mass is 250 g/mol. The molecule has 2 heterocycles. The molecular weight excluding hydrogens is 224 g/mol. The van der Waals surface area contributed by atoms with Gasteiger partial charge in [-0.05, 0) is 59.2 Å². The summed E-state index contributed by atoms with van der Waals surface area (Å²) in [6, 6.07) is 0.471. The number of hydrogen-bond acceptors (Lipinski definition) is 3. The Balaban J connectivity index is 1.73. The van der Waals surface area contributed by atoms with Gasteiger partial charge in [-0.15, -0.1) is 0 Å². The van der Waals surface area contributed by atoms with Gasteiger partial charge in [0.1, 0.15) is 0 Å². The highest BCUT2D eigenvalue weighted by molar-refractivity contribution is 5.26. The van der Waals surface area contributed by atoms with Crippen molar-refractivity contribution in [3.8, 4) is 0 Å². The predicted octanol–water partition coefficient (Wildman–Crippen LogP) is 2.61. The molecule has 0 unspecified atom stereocenters. The lowest BCUT2D eigenvalue weighted by atomic mass is 9.94. The van der Waals surface area contributed by atoms with E-state index in [-0.39, 0.29) is 0 Å². The van der Waals surface area contributed by atoms with Gasteiger partial charge < -0.3 is 14.8 Å². The van der Waals surface area contributed by atoms with Crippen LogP contribution in [0, 0.1) is 5.92 Å². The minimum atomic E-state index is 0.471. The van der Waals surface area contributed by atoms with Crippen LogP contribution >= 0.6 is 0 Å². The van der Waals surface area contributed by atoms with Crippen LogP contribution in [0.25, 0.3) is 0 Å². The minimum Gasteiger partial charge on any atom is -0.356 e. The molecule has 0 aromatic carbocycles. The molecule has 0 amide bonds. The number of aromatic nitrogens is 2. The summed E-state index contributed by atoms with van der Waals surface area (Å²) in [7, 11) is 2.22. The third-order valence-corrected chi connectivity index (χ3v) is 3.90. The summed E-state index contributed by atoms with van der Waals surface area (Å²) in [5.41, 5.74) is 0. The summed E-state index contributed by atoms with van der Waals surface area (Å²) in [5, 5.41) is 3.47. The third-order valence-electron chi connectivity index (χ3n) is 3.90. The first kappa shape index (κ1) is 13.4. The van der Waals surface area contributed by atoms with Crippen molar-refractivity contribution in [3.63, 3.8) is 0 Å². The van der Waals surface area contributed by atoms with E-state index < -0.39 is 0 Å². The second kappa shape index (κ2) is 6.23. The molecule has 1 aromatic heterocycles. The highest BCUT2D eigenvalue weighted by Crippen LogP contribution is 2.20. The molecule has 0 aliphatic carbocycles. The van der Waals surface area contributed by atoms with Crippen LogP contribution in [0.5, 0.6) is 0 Å².